The van der Waals surface area contributed by atoms with Crippen LogP contribution in [0.1, 0.15) is 42.1 Å². The summed E-state index contributed by atoms with van der Waals surface area (Å²) >= 11 is 6.01. The summed E-state index contributed by atoms with van der Waals surface area (Å²) in [7, 11) is 0. The molecule has 0 bridgehead atoms. The van der Waals surface area contributed by atoms with Gasteiger partial charge in [0.05, 0.1) is 12.1 Å². The van der Waals surface area contributed by atoms with Crippen molar-refractivity contribution in [2.45, 2.75) is 43.9 Å². The molecule has 18 heteroatoms. The Kier molecular flexibility index (Phi) is 11.0. The number of primary amides is 1. The van der Waals surface area contributed by atoms with E-state index in [1.165, 1.54) is 24.3 Å². The molecular weight excluding hydrogens is 649 g/mol. The number of aromatic nitrogens is 3. The van der Waals surface area contributed by atoms with Gasteiger partial charge in [-0.2, -0.15) is 28.1 Å². The van der Waals surface area contributed by atoms with Crippen LogP contribution in [0.4, 0.5) is 30.8 Å². The molecule has 47 heavy (non-hydrogen) atoms. The molecule has 1 atom stereocenters. The van der Waals surface area contributed by atoms with Crippen LogP contribution in [-0.4, -0.2) is 70.6 Å². The summed E-state index contributed by atoms with van der Waals surface area (Å²) in [6.07, 6.45) is -3.29. The molecule has 0 saturated heterocycles. The number of nitrogens with two attached hydrogens (primary N) is 1. The first kappa shape index (κ1) is 34.7. The number of amides is 3. The molecule has 0 spiro atoms. The van der Waals surface area contributed by atoms with E-state index in [1.54, 1.807) is 19.1 Å². The topological polar surface area (TPSA) is 200 Å². The summed E-state index contributed by atoms with van der Waals surface area (Å²) < 4.78 is 48.4. The third-order valence-electron chi connectivity index (χ3n) is 6.70. The number of ether oxygens (including phenoxy) is 2. The van der Waals surface area contributed by atoms with Crippen LogP contribution in [0.15, 0.2) is 48.5 Å². The first-order valence-electron chi connectivity index (χ1n) is 14.2. The molecule has 1 aliphatic rings. The molecule has 14 nitrogen and oxygen atoms in total. The van der Waals surface area contributed by atoms with E-state index in [0.29, 0.717) is 23.6 Å². The lowest BCUT2D eigenvalue weighted by molar-refractivity contribution is -0.154. The van der Waals surface area contributed by atoms with E-state index in [2.05, 4.69) is 36.2 Å². The summed E-state index contributed by atoms with van der Waals surface area (Å²) in [6.45, 7) is -0.143. The number of hydrogen-bond acceptors (Lipinski definition) is 11. The van der Waals surface area contributed by atoms with Gasteiger partial charge in [-0.3, -0.25) is 14.4 Å². The third-order valence-corrected chi connectivity index (χ3v) is 6.95. The van der Waals surface area contributed by atoms with Gasteiger partial charge < -0.3 is 36.5 Å². The minimum absolute atomic E-state index is 0.0276. The number of carbonyl (C=O) groups is 4. The van der Waals surface area contributed by atoms with E-state index in [9.17, 15) is 32.3 Å². The Balaban J connectivity index is 1.47. The van der Waals surface area contributed by atoms with Crippen LogP contribution in [0, 0.1) is 0 Å². The first-order valence-corrected chi connectivity index (χ1v) is 14.6. The predicted octanol–water partition coefficient (Wildman–Crippen LogP) is 2.96. The number of carbonyl (C=O) groups excluding carboxylic acids is 4. The molecule has 3 amide bonds. The second-order valence-electron chi connectivity index (χ2n) is 10.3. The van der Waals surface area contributed by atoms with Crippen LogP contribution in [0.5, 0.6) is 6.01 Å². The van der Waals surface area contributed by atoms with Crippen LogP contribution < -0.4 is 31.7 Å². The van der Waals surface area contributed by atoms with Gasteiger partial charge in [-0.15, -0.1) is 0 Å². The van der Waals surface area contributed by atoms with Crippen LogP contribution >= 0.6 is 11.6 Å². The zero-order valence-electron chi connectivity index (χ0n) is 24.8. The Morgan fingerprint density at radius 2 is 1.66 bits per heavy atom. The lowest BCUT2D eigenvalue weighted by Crippen LogP contribution is -2.45. The van der Waals surface area contributed by atoms with E-state index < -0.39 is 54.1 Å². The fourth-order valence-electron chi connectivity index (χ4n) is 4.26. The Labute approximate surface area is 271 Å². The van der Waals surface area contributed by atoms with Crippen molar-refractivity contribution in [2.75, 3.05) is 30.4 Å². The van der Waals surface area contributed by atoms with E-state index in [0.717, 1.165) is 5.56 Å². The van der Waals surface area contributed by atoms with Gasteiger partial charge in [-0.05, 0) is 68.1 Å². The number of rotatable bonds is 14. The van der Waals surface area contributed by atoms with Crippen molar-refractivity contribution in [3.63, 3.8) is 0 Å². The van der Waals surface area contributed by atoms with Gasteiger partial charge in [0.1, 0.15) is 6.04 Å². The number of halogens is 4. The molecule has 250 valence electrons. The zero-order chi connectivity index (χ0) is 34.2. The number of anilines is 3. The number of alkyl halides is 3. The van der Waals surface area contributed by atoms with Crippen molar-refractivity contribution < 1.29 is 41.8 Å². The lowest BCUT2D eigenvalue weighted by atomic mass is 10.1. The monoisotopic (exact) mass is 678 g/mol. The van der Waals surface area contributed by atoms with Gasteiger partial charge in [-0.1, -0.05) is 23.7 Å². The summed E-state index contributed by atoms with van der Waals surface area (Å²) in [5, 5.41) is 11.3. The Bertz CT molecular complexity index is 1600. The molecule has 0 radical (unpaired) electrons. The van der Waals surface area contributed by atoms with Gasteiger partial charge in [-0.25, -0.2) is 4.79 Å². The van der Waals surface area contributed by atoms with Crippen LogP contribution in [-0.2, 0) is 24.7 Å². The minimum Gasteiger partial charge on any atom is -0.464 e. The summed E-state index contributed by atoms with van der Waals surface area (Å²) in [5.41, 5.74) is 5.73. The average molecular weight is 679 g/mol. The second-order valence-corrected chi connectivity index (χ2v) is 10.7. The number of benzene rings is 2. The molecule has 1 aliphatic carbocycles. The maximum atomic E-state index is 12.9. The lowest BCUT2D eigenvalue weighted by Gasteiger charge is -2.19. The van der Waals surface area contributed by atoms with E-state index in [-0.39, 0.29) is 37.0 Å². The molecule has 1 unspecified atom stereocenters. The van der Waals surface area contributed by atoms with Crippen molar-refractivity contribution >= 4 is 52.9 Å². The van der Waals surface area contributed by atoms with E-state index in [1.807, 2.05) is 12.1 Å². The van der Waals surface area contributed by atoms with E-state index in [4.69, 9.17) is 26.8 Å². The van der Waals surface area contributed by atoms with Gasteiger partial charge in [0.25, 0.3) is 5.91 Å². The SMILES string of the molecule is CCOC(=O)C(CCNC(=O)C(N)=O)NC(=O)c1ccc(Nc2nc(NC3(c4ccc(Cl)cc4)CC3)nc(OCC(F)(F)F)n2)cc1. The third kappa shape index (κ3) is 10.2. The van der Waals surface area contributed by atoms with Crippen molar-refractivity contribution in [3.8, 4) is 6.01 Å². The van der Waals surface area contributed by atoms with Crippen LogP contribution in [0.25, 0.3) is 0 Å². The maximum absolute atomic E-state index is 12.9. The fraction of sp³-hybridized carbons (Fsp3) is 0.345. The van der Waals surface area contributed by atoms with Gasteiger partial charge in [0.15, 0.2) is 6.61 Å². The standard InChI is InChI=1S/C29H30ClF3N8O6/c1-2-46-24(45)20(11-14-35-23(44)21(34)42)37-22(43)16-3-9-19(10-4-16)36-25-38-26(40-27(39-25)47-15-29(31,32)33)41-28(12-13-28)17-5-7-18(30)8-6-17/h3-10,20H,2,11-15H2,1H3,(H2,34,42)(H,35,44)(H,37,43)(H2,36,38,39,40,41). The molecule has 1 heterocycles. The molecule has 1 fully saturated rings. The zero-order valence-corrected chi connectivity index (χ0v) is 25.6. The summed E-state index contributed by atoms with van der Waals surface area (Å²) in [4.78, 5) is 59.9. The Hall–Kier alpha value is -5.19. The molecule has 3 aromatic rings. The molecule has 1 saturated carbocycles. The minimum atomic E-state index is -4.63. The second kappa shape index (κ2) is 14.9. The highest BCUT2D eigenvalue weighted by Gasteiger charge is 2.45. The molecular formula is C29H30ClF3N8O6. The van der Waals surface area contributed by atoms with Gasteiger partial charge in [0, 0.05) is 22.8 Å². The Morgan fingerprint density at radius 3 is 2.26 bits per heavy atom. The van der Waals surface area contributed by atoms with Crippen molar-refractivity contribution in [2.24, 2.45) is 5.73 Å². The van der Waals surface area contributed by atoms with Crippen LogP contribution in [0.3, 0.4) is 0 Å². The summed E-state index contributed by atoms with van der Waals surface area (Å²) in [5.74, 6) is -3.81. The maximum Gasteiger partial charge on any atom is 0.422 e. The molecule has 6 N–H and O–H groups in total. The highest BCUT2D eigenvalue weighted by atomic mass is 35.5. The van der Waals surface area contributed by atoms with Gasteiger partial charge in [0.2, 0.25) is 11.9 Å². The van der Waals surface area contributed by atoms with Crippen molar-refractivity contribution in [1.29, 1.82) is 0 Å². The predicted molar refractivity (Wildman–Crippen MR) is 162 cm³/mol. The average Bonchev–Trinajstić information content (AvgIpc) is 3.80. The van der Waals surface area contributed by atoms with Crippen molar-refractivity contribution in [1.82, 2.24) is 25.6 Å². The van der Waals surface area contributed by atoms with Crippen LogP contribution in [0.2, 0.25) is 5.02 Å². The van der Waals surface area contributed by atoms with Crippen molar-refractivity contribution in [3.05, 3.63) is 64.7 Å². The van der Waals surface area contributed by atoms with E-state index >= 15 is 0 Å². The Morgan fingerprint density at radius 1 is 1.00 bits per heavy atom. The largest absolute Gasteiger partial charge is 0.464 e. The number of nitrogens with zero attached hydrogens (tertiary/aromatic N) is 3. The number of nitrogens with one attached hydrogen (secondary N) is 4. The molecule has 4 rings (SSSR count). The van der Waals surface area contributed by atoms with Gasteiger partial charge >= 0.3 is 30.0 Å². The first-order chi connectivity index (χ1) is 22.3. The number of hydrogen-bond donors (Lipinski definition) is 5. The highest BCUT2D eigenvalue weighted by molar-refractivity contribution is 6.34. The summed E-state index contributed by atoms with van der Waals surface area (Å²) in [6, 6.07) is 11.2. The number of esters is 1. The normalized spacial score (nSPS) is 13.9. The fourth-order valence-corrected chi connectivity index (χ4v) is 4.38. The quantitative estimate of drug-likeness (QED) is 0.124. The molecule has 2 aromatic carbocycles. The molecule has 0 aliphatic heterocycles. The molecule has 1 aromatic heterocycles. The highest BCUT2D eigenvalue weighted by Crippen LogP contribution is 2.48. The smallest absolute Gasteiger partial charge is 0.422 e.